The Hall–Kier alpha value is -2.64. The quantitative estimate of drug-likeness (QED) is 0.685. The molecule has 0 radical (unpaired) electrons. The van der Waals surface area contributed by atoms with Crippen LogP contribution in [0.3, 0.4) is 0 Å². The molecule has 0 aliphatic rings. The Morgan fingerprint density at radius 2 is 1.82 bits per heavy atom. The van der Waals surface area contributed by atoms with Crippen LogP contribution < -0.4 is 5.32 Å². The van der Waals surface area contributed by atoms with Gasteiger partial charge in [-0.3, -0.25) is 4.79 Å². The Kier molecular flexibility index (Phi) is 5.58. The summed E-state index contributed by atoms with van der Waals surface area (Å²) in [6, 6.07) is 12.6. The molecule has 1 N–H and O–H groups in total. The molecule has 1 amide bonds. The number of nitrogens with one attached hydrogen (secondary N) is 1. The van der Waals surface area contributed by atoms with Crippen molar-refractivity contribution in [1.82, 2.24) is 9.55 Å². The predicted octanol–water partition coefficient (Wildman–Crippen LogP) is 3.77. The number of benzene rings is 2. The zero-order chi connectivity index (χ0) is 20.5. The number of nitrogens with zero attached hydrogens (tertiary/aromatic N) is 2. The number of rotatable bonds is 5. The minimum absolute atomic E-state index is 0.159. The van der Waals surface area contributed by atoms with E-state index in [0.29, 0.717) is 16.4 Å². The minimum Gasteiger partial charge on any atom is -0.325 e. The Bertz CT molecular complexity index is 1140. The topological polar surface area (TPSA) is 81.1 Å². The molecule has 1 heterocycles. The molecule has 3 rings (SSSR count). The summed E-state index contributed by atoms with van der Waals surface area (Å²) >= 11 is 5.90. The highest BCUT2D eigenvalue weighted by atomic mass is 35.5. The van der Waals surface area contributed by atoms with Crippen LogP contribution in [0, 0.1) is 13.8 Å². The van der Waals surface area contributed by atoms with E-state index in [1.165, 1.54) is 10.8 Å². The van der Waals surface area contributed by atoms with E-state index in [0.717, 1.165) is 16.7 Å². The first-order chi connectivity index (χ1) is 13.2. The van der Waals surface area contributed by atoms with E-state index < -0.39 is 21.5 Å². The maximum absolute atomic E-state index is 12.7. The second-order valence-corrected chi connectivity index (χ2v) is 8.94. The highest BCUT2D eigenvalue weighted by Gasteiger charge is 2.25. The van der Waals surface area contributed by atoms with Crippen LogP contribution in [0.1, 0.15) is 11.1 Å². The highest BCUT2D eigenvalue weighted by molar-refractivity contribution is 7.92. The maximum atomic E-state index is 12.7. The molecular weight excluding hydrogens is 398 g/mol. The summed E-state index contributed by atoms with van der Waals surface area (Å²) in [5, 5.41) is 3.10. The number of hydrogen-bond acceptors (Lipinski definition) is 4. The van der Waals surface area contributed by atoms with Gasteiger partial charge in [-0.2, -0.15) is 0 Å². The van der Waals surface area contributed by atoms with Gasteiger partial charge in [0.25, 0.3) is 0 Å². The number of anilines is 1. The molecule has 6 nitrogen and oxygen atoms in total. The first-order valence-electron chi connectivity index (χ1n) is 8.55. The molecule has 0 aliphatic heterocycles. The summed E-state index contributed by atoms with van der Waals surface area (Å²) in [7, 11) is -2.31. The third-order valence-corrected chi connectivity index (χ3v) is 6.18. The van der Waals surface area contributed by atoms with Crippen molar-refractivity contribution in [3.05, 3.63) is 64.8 Å². The molecule has 2 aromatic carbocycles. The van der Waals surface area contributed by atoms with Crippen molar-refractivity contribution in [1.29, 1.82) is 0 Å². The maximum Gasteiger partial charge on any atom is 0.240 e. The van der Waals surface area contributed by atoms with Crippen LogP contribution in [-0.2, 0) is 21.7 Å². The number of halogens is 1. The number of imidazole rings is 1. The van der Waals surface area contributed by atoms with E-state index in [4.69, 9.17) is 11.6 Å². The van der Waals surface area contributed by atoms with E-state index >= 15 is 0 Å². The number of amides is 1. The summed E-state index contributed by atoms with van der Waals surface area (Å²) < 4.78 is 26.9. The number of aryl methyl sites for hydroxylation is 2. The highest BCUT2D eigenvalue weighted by Crippen LogP contribution is 2.24. The molecule has 0 bridgehead atoms. The molecule has 1 aromatic heterocycles. The predicted molar refractivity (Wildman–Crippen MR) is 110 cm³/mol. The molecular formula is C20H20ClN3O3S. The van der Waals surface area contributed by atoms with Gasteiger partial charge in [0.2, 0.25) is 20.9 Å². The number of carbonyl (C=O) groups excluding carboxylic acids is 1. The first kappa shape index (κ1) is 20.1. The number of sulfone groups is 1. The van der Waals surface area contributed by atoms with Gasteiger partial charge in [0, 0.05) is 17.8 Å². The standard InChI is InChI=1S/C20H20ClN3O3S/c1-13-4-5-14(2)17(10-13)23-19(25)12-28(26,27)20-22-11-18(24(20)3)15-6-8-16(21)9-7-15/h4-11H,12H2,1-3H3,(H,23,25). The molecule has 146 valence electrons. The van der Waals surface area contributed by atoms with Crippen molar-refractivity contribution in [3.8, 4) is 11.3 Å². The molecule has 8 heteroatoms. The molecule has 28 heavy (non-hydrogen) atoms. The largest absolute Gasteiger partial charge is 0.325 e. The number of carbonyl (C=O) groups is 1. The molecule has 3 aromatic rings. The second-order valence-electron chi connectivity index (χ2n) is 6.62. The van der Waals surface area contributed by atoms with Gasteiger partial charge in [-0.1, -0.05) is 35.9 Å². The molecule has 0 spiro atoms. The van der Waals surface area contributed by atoms with E-state index in [2.05, 4.69) is 10.3 Å². The van der Waals surface area contributed by atoms with Crippen LogP contribution in [0.5, 0.6) is 0 Å². The van der Waals surface area contributed by atoms with Gasteiger partial charge in [0.05, 0.1) is 11.9 Å². The lowest BCUT2D eigenvalue weighted by Crippen LogP contribution is -2.25. The fourth-order valence-electron chi connectivity index (χ4n) is 2.86. The minimum atomic E-state index is -3.91. The van der Waals surface area contributed by atoms with E-state index in [9.17, 15) is 13.2 Å². The van der Waals surface area contributed by atoms with Crippen molar-refractivity contribution >= 4 is 33.0 Å². The van der Waals surface area contributed by atoms with Crippen LogP contribution in [0.2, 0.25) is 5.02 Å². The lowest BCUT2D eigenvalue weighted by molar-refractivity contribution is -0.113. The summed E-state index contributed by atoms with van der Waals surface area (Å²) in [6.45, 7) is 3.75. The van der Waals surface area contributed by atoms with Gasteiger partial charge in [-0.15, -0.1) is 0 Å². The number of hydrogen-bond donors (Lipinski definition) is 1. The second kappa shape index (κ2) is 7.77. The Morgan fingerprint density at radius 3 is 2.50 bits per heavy atom. The smallest absolute Gasteiger partial charge is 0.240 e. The SMILES string of the molecule is Cc1ccc(C)c(NC(=O)CS(=O)(=O)c2ncc(-c3ccc(Cl)cc3)n2C)c1. The van der Waals surface area contributed by atoms with Crippen molar-refractivity contribution in [2.45, 2.75) is 19.0 Å². The van der Waals surface area contributed by atoms with Gasteiger partial charge in [0.1, 0.15) is 5.75 Å². The third kappa shape index (κ3) is 4.26. The average Bonchev–Trinajstić information content (AvgIpc) is 3.01. The molecule has 0 atom stereocenters. The molecule has 0 aliphatic carbocycles. The van der Waals surface area contributed by atoms with Gasteiger partial charge in [0.15, 0.2) is 0 Å². The summed E-state index contributed by atoms with van der Waals surface area (Å²) in [5.41, 5.74) is 3.83. The molecule has 0 unspecified atom stereocenters. The summed E-state index contributed by atoms with van der Waals surface area (Å²) in [6.07, 6.45) is 1.47. The summed E-state index contributed by atoms with van der Waals surface area (Å²) in [5.74, 6) is -1.30. The lowest BCUT2D eigenvalue weighted by atomic mass is 10.1. The fraction of sp³-hybridized carbons (Fsp3) is 0.200. The average molecular weight is 418 g/mol. The number of aromatic nitrogens is 2. The van der Waals surface area contributed by atoms with Crippen molar-refractivity contribution < 1.29 is 13.2 Å². The third-order valence-electron chi connectivity index (χ3n) is 4.35. The zero-order valence-electron chi connectivity index (χ0n) is 15.7. The Labute approximate surface area is 169 Å². The molecule has 0 fully saturated rings. The van der Waals surface area contributed by atoms with Crippen LogP contribution in [0.4, 0.5) is 5.69 Å². The Morgan fingerprint density at radius 1 is 1.14 bits per heavy atom. The van der Waals surface area contributed by atoms with Crippen molar-refractivity contribution in [3.63, 3.8) is 0 Å². The fourth-order valence-corrected chi connectivity index (χ4v) is 4.27. The lowest BCUT2D eigenvalue weighted by Gasteiger charge is -2.10. The van der Waals surface area contributed by atoms with E-state index in [-0.39, 0.29) is 5.16 Å². The molecule has 0 saturated heterocycles. The van der Waals surface area contributed by atoms with E-state index in [1.54, 1.807) is 37.4 Å². The van der Waals surface area contributed by atoms with E-state index in [1.807, 2.05) is 26.0 Å². The zero-order valence-corrected chi connectivity index (χ0v) is 17.3. The van der Waals surface area contributed by atoms with Crippen LogP contribution in [0.25, 0.3) is 11.3 Å². The van der Waals surface area contributed by atoms with Gasteiger partial charge in [-0.05, 0) is 48.7 Å². The normalized spacial score (nSPS) is 11.4. The summed E-state index contributed by atoms with van der Waals surface area (Å²) in [4.78, 5) is 16.4. The van der Waals surface area contributed by atoms with Gasteiger partial charge in [-0.25, -0.2) is 13.4 Å². The van der Waals surface area contributed by atoms with Gasteiger partial charge >= 0.3 is 0 Å². The van der Waals surface area contributed by atoms with Crippen molar-refractivity contribution in [2.75, 3.05) is 11.1 Å². The first-order valence-corrected chi connectivity index (χ1v) is 10.6. The molecule has 0 saturated carbocycles. The van der Waals surface area contributed by atoms with Crippen molar-refractivity contribution in [2.24, 2.45) is 7.05 Å². The Balaban J connectivity index is 1.82. The van der Waals surface area contributed by atoms with Gasteiger partial charge < -0.3 is 9.88 Å². The van der Waals surface area contributed by atoms with Crippen LogP contribution >= 0.6 is 11.6 Å². The monoisotopic (exact) mass is 417 g/mol. The van der Waals surface area contributed by atoms with Crippen LogP contribution in [-0.4, -0.2) is 29.6 Å². The van der Waals surface area contributed by atoms with Crippen LogP contribution in [0.15, 0.2) is 53.8 Å².